The highest BCUT2D eigenvalue weighted by Gasteiger charge is 2.79. The molecule has 2 saturated carbocycles. The van der Waals surface area contributed by atoms with Crippen molar-refractivity contribution in [1.29, 1.82) is 0 Å². The number of benzene rings is 1. The summed E-state index contributed by atoms with van der Waals surface area (Å²) < 4.78 is 40.3. The average Bonchev–Trinajstić information content (AvgIpc) is 3.17. The van der Waals surface area contributed by atoms with Gasteiger partial charge in [-0.1, -0.05) is 32.0 Å². The summed E-state index contributed by atoms with van der Waals surface area (Å²) in [6, 6.07) is 5.70. The first-order valence-corrected chi connectivity index (χ1v) is 20.5. The zero-order chi connectivity index (χ0) is 47.6. The molecule has 63 heavy (non-hydrogen) atoms. The molecule has 1 heterocycles. The Balaban J connectivity index is 1.79. The van der Waals surface area contributed by atoms with Crippen molar-refractivity contribution in [3.8, 4) is 0 Å². The minimum Gasteiger partial charge on any atom is -0.481 e. The van der Waals surface area contributed by atoms with Gasteiger partial charge in [-0.05, 0) is 78.7 Å². The van der Waals surface area contributed by atoms with E-state index in [-0.39, 0.29) is 23.1 Å². The Kier molecular flexibility index (Phi) is 12.8. The van der Waals surface area contributed by atoms with Crippen LogP contribution < -0.4 is 5.32 Å². The topological polar surface area (TPSA) is 277 Å². The Labute approximate surface area is 364 Å². The van der Waals surface area contributed by atoms with E-state index in [9.17, 15) is 49.2 Å². The molecule has 11 atom stereocenters. The van der Waals surface area contributed by atoms with Gasteiger partial charge < -0.3 is 58.9 Å². The van der Waals surface area contributed by atoms with Gasteiger partial charge >= 0.3 is 36.1 Å². The molecule has 0 aromatic heterocycles. The van der Waals surface area contributed by atoms with Gasteiger partial charge in [-0.15, -0.1) is 0 Å². The van der Waals surface area contributed by atoms with Crippen LogP contribution >= 0.6 is 0 Å². The van der Waals surface area contributed by atoms with Crippen LogP contribution in [0.2, 0.25) is 0 Å². The molecule has 3 fully saturated rings. The van der Waals surface area contributed by atoms with Crippen LogP contribution in [0.5, 0.6) is 0 Å². The standard InChI is InChI=1S/C44H59NO18/c1-21-26-28(59-22(2)46)31(49)42(11)24(47)18-25-43(20-58-25,63-37(55)57-12)29(42)32(60-33(50)23-16-14-13-15-17-23)44(56,40(26,8)9)19-41(21,10)61-34(51)27(48)30(39(6,7)35(52)53)45-36(54)62-38(3,4)5/h13-17,24-25,27-30,32,47-48,56H,18-20H2,1-12H3,(H,45,54)(H,52,53)/t24-,25+,27+,28+,29?,30+,32-,41-,42+,43-,44+/m0/s1. The maximum Gasteiger partial charge on any atom is 0.508 e. The van der Waals surface area contributed by atoms with Gasteiger partial charge in [-0.25, -0.2) is 19.2 Å². The highest BCUT2D eigenvalue weighted by atomic mass is 16.8. The van der Waals surface area contributed by atoms with E-state index in [1.165, 1.54) is 46.8 Å². The van der Waals surface area contributed by atoms with E-state index in [1.54, 1.807) is 39.0 Å². The zero-order valence-electron chi connectivity index (χ0n) is 37.6. The summed E-state index contributed by atoms with van der Waals surface area (Å²) in [6.45, 7) is 14.5. The maximum atomic E-state index is 15.6. The van der Waals surface area contributed by atoms with Crippen molar-refractivity contribution in [2.75, 3.05) is 13.7 Å². The smallest absolute Gasteiger partial charge is 0.481 e. The van der Waals surface area contributed by atoms with Crippen LogP contribution in [-0.4, -0.2) is 135 Å². The Morgan fingerprint density at radius 3 is 2.06 bits per heavy atom. The number of esters is 3. The van der Waals surface area contributed by atoms with E-state index in [0.29, 0.717) is 0 Å². The molecular formula is C44H59NO18. The number of carboxylic acid groups (broad SMARTS) is 1. The number of ketones is 1. The van der Waals surface area contributed by atoms with E-state index in [0.717, 1.165) is 27.9 Å². The van der Waals surface area contributed by atoms with Crippen molar-refractivity contribution in [1.82, 2.24) is 5.32 Å². The largest absolute Gasteiger partial charge is 0.508 e. The summed E-state index contributed by atoms with van der Waals surface area (Å²) in [4.78, 5) is 95.9. The van der Waals surface area contributed by atoms with Crippen LogP contribution in [0, 0.1) is 22.2 Å². The van der Waals surface area contributed by atoms with Crippen molar-refractivity contribution in [2.24, 2.45) is 22.2 Å². The first-order valence-electron chi connectivity index (χ1n) is 20.5. The number of carbonyl (C=O) groups is 7. The second-order valence-electron chi connectivity index (χ2n) is 19.4. The number of amides is 1. The average molecular weight is 890 g/mol. The number of fused-ring (bicyclic) bond motifs is 5. The molecule has 348 valence electrons. The summed E-state index contributed by atoms with van der Waals surface area (Å²) in [5.74, 6) is -7.69. The minimum absolute atomic E-state index is 0.00266. The fourth-order valence-corrected chi connectivity index (χ4v) is 9.81. The number of nitrogens with one attached hydrogen (secondary N) is 1. The second-order valence-corrected chi connectivity index (χ2v) is 19.4. The van der Waals surface area contributed by atoms with E-state index in [4.69, 9.17) is 33.2 Å². The SMILES string of the molecule is COC(=O)O[C@@]12CO[C@@H]1C[C@H](O)[C@@]1(C)C(=O)[C@H](OC(C)=O)C3=C(C)[C@@](C)(OC(=O)[C@H](O)[C@@H](NC(=O)OC(C)(C)C)C(C)(C)C(=O)O)C[C@@](O)([C@@H](OC(=O)c4ccccc4)C12)C3(C)C. The number of aliphatic hydroxyl groups is 3. The highest BCUT2D eigenvalue weighted by molar-refractivity contribution is 5.96. The predicted octanol–water partition coefficient (Wildman–Crippen LogP) is 3.18. The van der Waals surface area contributed by atoms with Crippen LogP contribution in [0.1, 0.15) is 99.4 Å². The number of Topliss-reactive ketones (excluding diaryl/α,β-unsaturated/α-hetero) is 1. The van der Waals surface area contributed by atoms with Crippen molar-refractivity contribution >= 4 is 41.9 Å². The second kappa shape index (κ2) is 16.5. The van der Waals surface area contributed by atoms with Gasteiger partial charge in [0.25, 0.3) is 0 Å². The third-order valence-electron chi connectivity index (χ3n) is 13.6. The van der Waals surface area contributed by atoms with Crippen LogP contribution in [0.3, 0.4) is 0 Å². The van der Waals surface area contributed by atoms with Gasteiger partial charge in [0.05, 0.1) is 48.2 Å². The number of alkyl carbamates (subject to hydrolysis) is 1. The molecular weight excluding hydrogens is 830 g/mol. The summed E-state index contributed by atoms with van der Waals surface area (Å²) in [6.07, 6.45) is -12.6. The van der Waals surface area contributed by atoms with Crippen molar-refractivity contribution in [2.45, 2.75) is 148 Å². The Bertz CT molecular complexity index is 2070. The molecule has 1 amide bonds. The number of rotatable bonds is 10. The normalized spacial score (nSPS) is 33.3. The number of aliphatic hydroxyl groups excluding tert-OH is 2. The molecule has 1 aliphatic heterocycles. The van der Waals surface area contributed by atoms with E-state index in [2.05, 4.69) is 5.32 Å². The molecule has 1 aromatic carbocycles. The molecule has 1 unspecified atom stereocenters. The van der Waals surface area contributed by atoms with Gasteiger partial charge in [-0.3, -0.25) is 14.4 Å². The molecule has 3 aliphatic carbocycles. The number of aliphatic carboxylic acids is 1. The molecule has 19 nitrogen and oxygen atoms in total. The molecule has 4 aliphatic rings. The number of hydrogen-bond donors (Lipinski definition) is 5. The first kappa shape index (κ1) is 48.9. The molecule has 5 N–H and O–H groups in total. The summed E-state index contributed by atoms with van der Waals surface area (Å²) in [7, 11) is 1.04. The third-order valence-corrected chi connectivity index (χ3v) is 13.6. The monoisotopic (exact) mass is 889 g/mol. The van der Waals surface area contributed by atoms with E-state index < -0.39 is 136 Å². The maximum absolute atomic E-state index is 15.6. The summed E-state index contributed by atoms with van der Waals surface area (Å²) >= 11 is 0. The highest BCUT2D eigenvalue weighted by Crippen LogP contribution is 2.65. The fourth-order valence-electron chi connectivity index (χ4n) is 9.81. The Hall–Kier alpha value is -5.11. The quantitative estimate of drug-likeness (QED) is 0.128. The molecule has 1 aromatic rings. The molecule has 1 saturated heterocycles. The lowest BCUT2D eigenvalue weighted by atomic mass is 9.44. The number of carbonyl (C=O) groups excluding carboxylic acids is 6. The third kappa shape index (κ3) is 8.16. The first-order chi connectivity index (χ1) is 28.9. The van der Waals surface area contributed by atoms with Gasteiger partial charge in [0.15, 0.2) is 23.6 Å². The number of carboxylic acids is 1. The van der Waals surface area contributed by atoms with E-state index >= 15 is 4.79 Å². The molecule has 19 heteroatoms. The van der Waals surface area contributed by atoms with Crippen LogP contribution in [0.4, 0.5) is 9.59 Å². The summed E-state index contributed by atoms with van der Waals surface area (Å²) in [5, 5.41) is 50.0. The lowest BCUT2D eigenvalue weighted by molar-refractivity contribution is -0.345. The molecule has 5 rings (SSSR count). The van der Waals surface area contributed by atoms with Crippen LogP contribution in [-0.2, 0) is 52.3 Å². The Morgan fingerprint density at radius 1 is 0.952 bits per heavy atom. The lowest BCUT2D eigenvalue weighted by Crippen LogP contribution is -2.82. The van der Waals surface area contributed by atoms with Crippen LogP contribution in [0.25, 0.3) is 0 Å². The van der Waals surface area contributed by atoms with Gasteiger partial charge in [0.2, 0.25) is 0 Å². The summed E-state index contributed by atoms with van der Waals surface area (Å²) in [5.41, 5.74) is -13.9. The fraction of sp³-hybridized carbons (Fsp3) is 0.659. The number of ether oxygens (including phenoxy) is 7. The zero-order valence-corrected chi connectivity index (χ0v) is 37.6. The Morgan fingerprint density at radius 2 is 1.56 bits per heavy atom. The molecule has 2 bridgehead atoms. The predicted molar refractivity (Wildman–Crippen MR) is 216 cm³/mol. The van der Waals surface area contributed by atoms with Gasteiger partial charge in [0.1, 0.15) is 29.0 Å². The van der Waals surface area contributed by atoms with E-state index in [1.807, 2.05) is 0 Å². The number of hydrogen-bond acceptors (Lipinski definition) is 17. The molecule has 0 radical (unpaired) electrons. The van der Waals surface area contributed by atoms with Gasteiger partial charge in [-0.2, -0.15) is 0 Å². The lowest BCUT2D eigenvalue weighted by Gasteiger charge is -2.67. The van der Waals surface area contributed by atoms with Crippen molar-refractivity contribution < 1.29 is 87.1 Å². The van der Waals surface area contributed by atoms with Crippen LogP contribution in [0.15, 0.2) is 41.5 Å². The van der Waals surface area contributed by atoms with Gasteiger partial charge in [0, 0.05) is 25.2 Å². The minimum atomic E-state index is -2.56. The number of methoxy groups -OCH3 is 1. The van der Waals surface area contributed by atoms with Crippen molar-refractivity contribution in [3.05, 3.63) is 47.0 Å². The van der Waals surface area contributed by atoms with Crippen molar-refractivity contribution in [3.63, 3.8) is 0 Å². The molecule has 0 spiro atoms.